The number of sulfone groups is 1. The van der Waals surface area contributed by atoms with E-state index in [9.17, 15) is 18.0 Å². The molecule has 0 saturated heterocycles. The summed E-state index contributed by atoms with van der Waals surface area (Å²) < 4.78 is 28.0. The third-order valence-corrected chi connectivity index (χ3v) is 6.97. The van der Waals surface area contributed by atoms with Gasteiger partial charge in [0, 0.05) is 35.9 Å². The van der Waals surface area contributed by atoms with Gasteiger partial charge < -0.3 is 14.8 Å². The molecular formula is C24H29N3O4S. The molecule has 1 N–H and O–H groups in total. The molecule has 0 atom stereocenters. The van der Waals surface area contributed by atoms with E-state index < -0.39 is 21.5 Å². The lowest BCUT2D eigenvalue weighted by atomic mass is 10.1. The zero-order chi connectivity index (χ0) is 23.5. The number of benzene rings is 2. The molecule has 2 aromatic carbocycles. The molecule has 1 aromatic heterocycles. The molecule has 0 saturated carbocycles. The number of carbonyl (C=O) groups is 2. The topological polar surface area (TPSA) is 88.5 Å². The number of aryl methyl sites for hydroxylation is 2. The van der Waals surface area contributed by atoms with Crippen molar-refractivity contribution in [2.45, 2.75) is 39.1 Å². The van der Waals surface area contributed by atoms with Crippen LogP contribution in [-0.4, -0.2) is 48.5 Å². The first-order valence-corrected chi connectivity index (χ1v) is 12.3. The van der Waals surface area contributed by atoms with Gasteiger partial charge in [0.15, 0.2) is 9.84 Å². The fourth-order valence-corrected chi connectivity index (χ4v) is 5.28. The van der Waals surface area contributed by atoms with Crippen LogP contribution in [0, 0.1) is 13.8 Å². The number of hydrogen-bond donors (Lipinski definition) is 1. The lowest BCUT2D eigenvalue weighted by Crippen LogP contribution is -2.33. The molecular weight excluding hydrogens is 426 g/mol. The summed E-state index contributed by atoms with van der Waals surface area (Å²) in [6.07, 6.45) is 1.46. The third-order valence-electron chi connectivity index (χ3n) is 5.34. The summed E-state index contributed by atoms with van der Waals surface area (Å²) in [5.41, 5.74) is 3.16. The van der Waals surface area contributed by atoms with Crippen LogP contribution in [0.25, 0.3) is 10.9 Å². The molecule has 32 heavy (non-hydrogen) atoms. The lowest BCUT2D eigenvalue weighted by molar-refractivity contribution is -0.131. The molecule has 170 valence electrons. The zero-order valence-corrected chi connectivity index (χ0v) is 19.7. The fraction of sp³-hybridized carbons (Fsp3) is 0.333. The Morgan fingerprint density at radius 2 is 1.62 bits per heavy atom. The van der Waals surface area contributed by atoms with E-state index in [4.69, 9.17) is 0 Å². The van der Waals surface area contributed by atoms with Crippen LogP contribution in [0.3, 0.4) is 0 Å². The molecule has 0 bridgehead atoms. The van der Waals surface area contributed by atoms with Crippen LogP contribution in [0.4, 0.5) is 5.69 Å². The average Bonchev–Trinajstić information content (AvgIpc) is 3.07. The van der Waals surface area contributed by atoms with Gasteiger partial charge in [-0.25, -0.2) is 8.42 Å². The van der Waals surface area contributed by atoms with Crippen LogP contribution < -0.4 is 5.32 Å². The maximum Gasteiger partial charge on any atom is 0.242 e. The highest BCUT2D eigenvalue weighted by molar-refractivity contribution is 7.92. The van der Waals surface area contributed by atoms with Crippen LogP contribution in [0.1, 0.15) is 25.0 Å². The van der Waals surface area contributed by atoms with E-state index in [1.165, 1.54) is 6.20 Å². The summed E-state index contributed by atoms with van der Waals surface area (Å²) in [6.45, 7) is 8.82. The second kappa shape index (κ2) is 9.56. The smallest absolute Gasteiger partial charge is 0.242 e. The van der Waals surface area contributed by atoms with Gasteiger partial charge in [0.25, 0.3) is 0 Å². The van der Waals surface area contributed by atoms with Crippen molar-refractivity contribution in [3.8, 4) is 0 Å². The minimum absolute atomic E-state index is 0.0342. The van der Waals surface area contributed by atoms with Crippen molar-refractivity contribution >= 4 is 38.2 Å². The number of para-hydroxylation sites is 1. The van der Waals surface area contributed by atoms with Gasteiger partial charge >= 0.3 is 0 Å². The van der Waals surface area contributed by atoms with Crippen LogP contribution in [0.5, 0.6) is 0 Å². The highest BCUT2D eigenvalue weighted by Gasteiger charge is 2.25. The molecule has 2 amide bonds. The molecule has 0 fully saturated rings. The second-order valence-corrected chi connectivity index (χ2v) is 9.85. The Morgan fingerprint density at radius 1 is 1.00 bits per heavy atom. The number of aromatic nitrogens is 1. The van der Waals surface area contributed by atoms with Gasteiger partial charge in [-0.2, -0.15) is 0 Å². The highest BCUT2D eigenvalue weighted by atomic mass is 32.2. The zero-order valence-electron chi connectivity index (χ0n) is 18.9. The van der Waals surface area contributed by atoms with E-state index in [0.29, 0.717) is 29.7 Å². The van der Waals surface area contributed by atoms with E-state index in [2.05, 4.69) is 5.32 Å². The van der Waals surface area contributed by atoms with E-state index in [-0.39, 0.29) is 17.3 Å². The Morgan fingerprint density at radius 3 is 2.25 bits per heavy atom. The maximum atomic E-state index is 13.2. The Kier molecular flexibility index (Phi) is 7.03. The summed E-state index contributed by atoms with van der Waals surface area (Å²) in [6, 6.07) is 12.6. The first-order valence-electron chi connectivity index (χ1n) is 10.6. The van der Waals surface area contributed by atoms with Crippen molar-refractivity contribution in [2.24, 2.45) is 0 Å². The number of hydrogen-bond acceptors (Lipinski definition) is 4. The number of anilines is 1. The Hall–Kier alpha value is -3.13. The van der Waals surface area contributed by atoms with Gasteiger partial charge in [0.05, 0.1) is 4.90 Å². The predicted octanol–water partition coefficient (Wildman–Crippen LogP) is 3.54. The van der Waals surface area contributed by atoms with Crippen LogP contribution >= 0.6 is 0 Å². The van der Waals surface area contributed by atoms with Crippen molar-refractivity contribution in [1.82, 2.24) is 9.47 Å². The number of rotatable bonds is 8. The van der Waals surface area contributed by atoms with Crippen molar-refractivity contribution in [3.63, 3.8) is 0 Å². The van der Waals surface area contributed by atoms with Gasteiger partial charge in [-0.15, -0.1) is 0 Å². The molecule has 3 rings (SSSR count). The molecule has 0 spiro atoms. The first-order chi connectivity index (χ1) is 15.1. The molecule has 0 radical (unpaired) electrons. The van der Waals surface area contributed by atoms with E-state index in [1.54, 1.807) is 45.9 Å². The summed E-state index contributed by atoms with van der Waals surface area (Å²) in [4.78, 5) is 26.9. The standard InChI is InChI=1S/C24H29N3O4S/c1-5-26(6-2)24(29)15-27-14-22(20-9-7-8-10-21(20)27)32(30,31)16-23(28)25-19-12-17(3)11-18(4)13-19/h7-14H,5-6,15-16H2,1-4H3,(H,25,28). The number of fused-ring (bicyclic) bond motifs is 1. The Labute approximate surface area is 188 Å². The molecule has 1 heterocycles. The fourth-order valence-electron chi connectivity index (χ4n) is 3.91. The summed E-state index contributed by atoms with van der Waals surface area (Å²) in [5.74, 6) is -1.38. The highest BCUT2D eigenvalue weighted by Crippen LogP contribution is 2.27. The summed E-state index contributed by atoms with van der Waals surface area (Å²) in [5, 5.41) is 3.18. The molecule has 7 nitrogen and oxygen atoms in total. The Balaban J connectivity index is 1.89. The number of nitrogens with zero attached hydrogens (tertiary/aromatic N) is 2. The van der Waals surface area contributed by atoms with Crippen molar-refractivity contribution in [3.05, 3.63) is 59.8 Å². The van der Waals surface area contributed by atoms with Gasteiger partial charge in [-0.1, -0.05) is 24.3 Å². The van der Waals surface area contributed by atoms with Gasteiger partial charge in [-0.05, 0) is 57.0 Å². The van der Waals surface area contributed by atoms with Crippen LogP contribution in [0.2, 0.25) is 0 Å². The summed E-state index contributed by atoms with van der Waals surface area (Å²) >= 11 is 0. The average molecular weight is 456 g/mol. The molecule has 0 unspecified atom stereocenters. The van der Waals surface area contributed by atoms with Gasteiger partial charge in [-0.3, -0.25) is 9.59 Å². The van der Waals surface area contributed by atoms with Crippen LogP contribution in [0.15, 0.2) is 53.6 Å². The van der Waals surface area contributed by atoms with Crippen molar-refractivity contribution in [2.75, 3.05) is 24.2 Å². The molecule has 0 aliphatic heterocycles. The minimum atomic E-state index is -3.93. The van der Waals surface area contributed by atoms with E-state index >= 15 is 0 Å². The van der Waals surface area contributed by atoms with Crippen LogP contribution in [-0.2, 0) is 26.0 Å². The minimum Gasteiger partial charge on any atom is -0.342 e. The Bertz CT molecular complexity index is 1240. The monoisotopic (exact) mass is 455 g/mol. The van der Waals surface area contributed by atoms with Gasteiger partial charge in [0.2, 0.25) is 11.8 Å². The van der Waals surface area contributed by atoms with Crippen molar-refractivity contribution in [1.29, 1.82) is 0 Å². The number of likely N-dealkylation sites (N-methyl/N-ethyl adjacent to an activating group) is 1. The normalized spacial score (nSPS) is 11.5. The SMILES string of the molecule is CCN(CC)C(=O)Cn1cc(S(=O)(=O)CC(=O)Nc2cc(C)cc(C)c2)c2ccccc21. The molecule has 0 aliphatic carbocycles. The van der Waals surface area contributed by atoms with Crippen molar-refractivity contribution < 1.29 is 18.0 Å². The van der Waals surface area contributed by atoms with Gasteiger partial charge in [0.1, 0.15) is 12.3 Å². The molecule has 3 aromatic rings. The predicted molar refractivity (Wildman–Crippen MR) is 126 cm³/mol. The number of carbonyl (C=O) groups excluding carboxylic acids is 2. The summed E-state index contributed by atoms with van der Waals surface area (Å²) in [7, 11) is -3.93. The first kappa shape index (κ1) is 23.5. The molecule has 8 heteroatoms. The maximum absolute atomic E-state index is 13.2. The second-order valence-electron chi connectivity index (χ2n) is 7.89. The van der Waals surface area contributed by atoms with E-state index in [0.717, 1.165) is 11.1 Å². The number of amides is 2. The largest absolute Gasteiger partial charge is 0.342 e. The van der Waals surface area contributed by atoms with E-state index in [1.807, 2.05) is 33.8 Å². The number of nitrogens with one attached hydrogen (secondary N) is 1. The molecule has 0 aliphatic rings. The third kappa shape index (κ3) is 5.19. The quantitative estimate of drug-likeness (QED) is 0.563. The lowest BCUT2D eigenvalue weighted by Gasteiger charge is -2.19.